The number of aromatic nitrogens is 1. The number of nitrogens with zero attached hydrogens (tertiary/aromatic N) is 2. The highest BCUT2D eigenvalue weighted by atomic mass is 19.4. The van der Waals surface area contributed by atoms with Crippen molar-refractivity contribution >= 4 is 11.8 Å². The van der Waals surface area contributed by atoms with E-state index in [1.165, 1.54) is 13.8 Å². The van der Waals surface area contributed by atoms with Crippen molar-refractivity contribution < 1.29 is 27.9 Å². The highest BCUT2D eigenvalue weighted by Crippen LogP contribution is 2.35. The summed E-state index contributed by atoms with van der Waals surface area (Å²) in [7, 11) is 0. The number of hydrogen-bond acceptors (Lipinski definition) is 5. The van der Waals surface area contributed by atoms with Gasteiger partial charge in [-0.05, 0) is 13.8 Å². The number of amidine groups is 1. The molecular weight excluding hydrogens is 279 g/mol. The van der Waals surface area contributed by atoms with E-state index in [9.17, 15) is 18.0 Å². The zero-order valence-electron chi connectivity index (χ0n) is 10.7. The van der Waals surface area contributed by atoms with Gasteiger partial charge in [0.1, 0.15) is 0 Å². The van der Waals surface area contributed by atoms with Crippen molar-refractivity contribution in [1.29, 1.82) is 0 Å². The maximum Gasteiger partial charge on any atom is 0.418 e. The van der Waals surface area contributed by atoms with Crippen molar-refractivity contribution in [2.45, 2.75) is 20.0 Å². The SMILES string of the molecule is CCOC(=O)c1cnc(C)c(/C(N)=N/O)c1C(F)(F)F. The van der Waals surface area contributed by atoms with Gasteiger partial charge in [-0.1, -0.05) is 5.16 Å². The first-order chi connectivity index (χ1) is 9.23. The molecule has 0 radical (unpaired) electrons. The number of aryl methyl sites for hydroxylation is 1. The summed E-state index contributed by atoms with van der Waals surface area (Å²) in [4.78, 5) is 15.2. The summed E-state index contributed by atoms with van der Waals surface area (Å²) in [6.45, 7) is 2.61. The molecule has 0 unspecified atom stereocenters. The summed E-state index contributed by atoms with van der Waals surface area (Å²) < 4.78 is 44.0. The van der Waals surface area contributed by atoms with Gasteiger partial charge in [0.15, 0.2) is 5.84 Å². The molecule has 0 aromatic carbocycles. The molecule has 1 aromatic heterocycles. The molecule has 0 spiro atoms. The second kappa shape index (κ2) is 5.76. The van der Waals surface area contributed by atoms with Gasteiger partial charge in [0.05, 0.1) is 23.3 Å². The van der Waals surface area contributed by atoms with E-state index >= 15 is 0 Å². The molecule has 0 aliphatic heterocycles. The monoisotopic (exact) mass is 291 g/mol. The Bertz CT molecular complexity index is 556. The molecule has 6 nitrogen and oxygen atoms in total. The van der Waals surface area contributed by atoms with Crippen LogP contribution in [0.4, 0.5) is 13.2 Å². The molecule has 1 aromatic rings. The van der Waals surface area contributed by atoms with Crippen LogP contribution in [0, 0.1) is 6.92 Å². The number of carbonyl (C=O) groups excluding carboxylic acids is 1. The predicted molar refractivity (Wildman–Crippen MR) is 62.4 cm³/mol. The number of hydrogen-bond donors (Lipinski definition) is 2. The smallest absolute Gasteiger partial charge is 0.418 e. The average molecular weight is 291 g/mol. The largest absolute Gasteiger partial charge is 0.462 e. The summed E-state index contributed by atoms with van der Waals surface area (Å²) in [6.07, 6.45) is -4.13. The van der Waals surface area contributed by atoms with Gasteiger partial charge < -0.3 is 15.7 Å². The highest BCUT2D eigenvalue weighted by Gasteiger charge is 2.40. The van der Waals surface area contributed by atoms with Gasteiger partial charge in [0.25, 0.3) is 0 Å². The van der Waals surface area contributed by atoms with Gasteiger partial charge in [-0.3, -0.25) is 4.98 Å². The fourth-order valence-electron chi connectivity index (χ4n) is 1.63. The van der Waals surface area contributed by atoms with Crippen LogP contribution in [0.5, 0.6) is 0 Å². The summed E-state index contributed by atoms with van der Waals surface area (Å²) in [5, 5.41) is 11.1. The van der Waals surface area contributed by atoms with Crippen LogP contribution in [-0.2, 0) is 10.9 Å². The van der Waals surface area contributed by atoms with E-state index in [1.807, 2.05) is 0 Å². The van der Waals surface area contributed by atoms with Crippen molar-refractivity contribution in [1.82, 2.24) is 4.98 Å². The van der Waals surface area contributed by atoms with E-state index in [1.54, 1.807) is 0 Å². The van der Waals surface area contributed by atoms with Crippen molar-refractivity contribution in [3.05, 3.63) is 28.6 Å². The van der Waals surface area contributed by atoms with Gasteiger partial charge in [-0.2, -0.15) is 13.2 Å². The van der Waals surface area contributed by atoms with Crippen LogP contribution in [0.25, 0.3) is 0 Å². The second-order valence-electron chi connectivity index (χ2n) is 3.71. The van der Waals surface area contributed by atoms with Crippen LogP contribution < -0.4 is 5.73 Å². The highest BCUT2D eigenvalue weighted by molar-refractivity contribution is 6.03. The predicted octanol–water partition coefficient (Wildman–Crippen LogP) is 1.68. The minimum atomic E-state index is -4.89. The van der Waals surface area contributed by atoms with Crippen LogP contribution in [0.15, 0.2) is 11.4 Å². The van der Waals surface area contributed by atoms with E-state index in [4.69, 9.17) is 10.9 Å². The fourth-order valence-corrected chi connectivity index (χ4v) is 1.63. The minimum Gasteiger partial charge on any atom is -0.462 e. The van der Waals surface area contributed by atoms with Crippen LogP contribution in [-0.4, -0.2) is 28.6 Å². The van der Waals surface area contributed by atoms with Crippen molar-refractivity contribution in [3.8, 4) is 0 Å². The topological polar surface area (TPSA) is 97.8 Å². The molecule has 0 saturated heterocycles. The molecule has 0 atom stereocenters. The van der Waals surface area contributed by atoms with Gasteiger partial charge >= 0.3 is 12.1 Å². The maximum atomic E-state index is 13.2. The second-order valence-corrected chi connectivity index (χ2v) is 3.71. The molecule has 1 rings (SSSR count). The Balaban J connectivity index is 3.67. The van der Waals surface area contributed by atoms with E-state index in [2.05, 4.69) is 14.9 Å². The number of esters is 1. The normalized spacial score (nSPS) is 12.3. The number of ether oxygens (including phenoxy) is 1. The van der Waals surface area contributed by atoms with Crippen LogP contribution >= 0.6 is 0 Å². The quantitative estimate of drug-likeness (QED) is 0.290. The summed E-state index contributed by atoms with van der Waals surface area (Å²) in [5.74, 6) is -1.97. The van der Waals surface area contributed by atoms with Gasteiger partial charge in [-0.15, -0.1) is 0 Å². The zero-order chi connectivity index (χ0) is 15.5. The Labute approximate surface area is 112 Å². The molecule has 110 valence electrons. The number of rotatable bonds is 3. The lowest BCUT2D eigenvalue weighted by Gasteiger charge is -2.17. The molecule has 0 amide bonds. The van der Waals surface area contributed by atoms with E-state index in [-0.39, 0.29) is 12.3 Å². The third kappa shape index (κ3) is 2.98. The van der Waals surface area contributed by atoms with Gasteiger partial charge in [0.2, 0.25) is 0 Å². The van der Waals surface area contributed by atoms with Crippen LogP contribution in [0.3, 0.4) is 0 Å². The molecule has 1 heterocycles. The number of halogens is 3. The number of carbonyl (C=O) groups is 1. The molecule has 0 bridgehead atoms. The minimum absolute atomic E-state index is 0.0943. The third-order valence-electron chi connectivity index (χ3n) is 2.41. The Hall–Kier alpha value is -2.32. The number of oxime groups is 1. The Kier molecular flexibility index (Phi) is 4.53. The first-order valence-electron chi connectivity index (χ1n) is 5.45. The van der Waals surface area contributed by atoms with Gasteiger partial charge in [0, 0.05) is 11.9 Å². The standard InChI is InChI=1S/C11H12F3N3O3/c1-3-20-10(18)6-4-16-5(2)7(9(15)17-19)8(6)11(12,13)14/h4,19H,3H2,1-2H3,(H2,15,17). The first-order valence-corrected chi connectivity index (χ1v) is 5.45. The lowest BCUT2D eigenvalue weighted by atomic mass is 10.00. The van der Waals surface area contributed by atoms with Crippen LogP contribution in [0.2, 0.25) is 0 Å². The van der Waals surface area contributed by atoms with Crippen molar-refractivity contribution in [3.63, 3.8) is 0 Å². The number of nitrogens with two attached hydrogens (primary N) is 1. The first kappa shape index (κ1) is 15.7. The zero-order valence-corrected chi connectivity index (χ0v) is 10.7. The average Bonchev–Trinajstić information content (AvgIpc) is 2.36. The summed E-state index contributed by atoms with van der Waals surface area (Å²) in [5.41, 5.74) is 2.35. The summed E-state index contributed by atoms with van der Waals surface area (Å²) >= 11 is 0. The molecule has 20 heavy (non-hydrogen) atoms. The van der Waals surface area contributed by atoms with E-state index in [0.717, 1.165) is 6.20 Å². The molecule has 0 aliphatic rings. The summed E-state index contributed by atoms with van der Waals surface area (Å²) in [6, 6.07) is 0. The fraction of sp³-hybridized carbons (Fsp3) is 0.364. The Morgan fingerprint density at radius 1 is 1.55 bits per heavy atom. The molecule has 0 saturated carbocycles. The lowest BCUT2D eigenvalue weighted by molar-refractivity contribution is -0.138. The molecule has 3 N–H and O–H groups in total. The molecule has 0 fully saturated rings. The maximum absolute atomic E-state index is 13.2. The number of alkyl halides is 3. The lowest BCUT2D eigenvalue weighted by Crippen LogP contribution is -2.26. The van der Waals surface area contributed by atoms with Crippen LogP contribution in [0.1, 0.15) is 34.1 Å². The number of pyridine rings is 1. The van der Waals surface area contributed by atoms with Crippen molar-refractivity contribution in [2.24, 2.45) is 10.9 Å². The molecule has 9 heteroatoms. The third-order valence-corrected chi connectivity index (χ3v) is 2.41. The Morgan fingerprint density at radius 3 is 2.60 bits per heavy atom. The molecule has 0 aliphatic carbocycles. The van der Waals surface area contributed by atoms with Crippen molar-refractivity contribution in [2.75, 3.05) is 6.61 Å². The molecular formula is C11H12F3N3O3. The van der Waals surface area contributed by atoms with E-state index < -0.39 is 34.7 Å². The Morgan fingerprint density at radius 2 is 2.15 bits per heavy atom. The van der Waals surface area contributed by atoms with E-state index in [0.29, 0.717) is 0 Å². The van der Waals surface area contributed by atoms with Gasteiger partial charge in [-0.25, -0.2) is 4.79 Å².